The van der Waals surface area contributed by atoms with Gasteiger partial charge in [0.1, 0.15) is 5.71 Å². The largest absolute Gasteiger partial charge is 0.379 e. The predicted octanol–water partition coefficient (Wildman–Crippen LogP) is 0.455. The molecular weight excluding hydrogens is 344 g/mol. The number of rotatable bonds is 4. The van der Waals surface area contributed by atoms with Crippen LogP contribution >= 0.6 is 0 Å². The molecule has 3 rings (SSSR count). The Morgan fingerprint density at radius 1 is 1.24 bits per heavy atom. The zero-order valence-corrected chi connectivity index (χ0v) is 14.7. The molecule has 0 aliphatic carbocycles. The van der Waals surface area contributed by atoms with Gasteiger partial charge in [-0.1, -0.05) is 30.3 Å². The second-order valence-corrected chi connectivity index (χ2v) is 7.29. The molecule has 1 aromatic rings. The van der Waals surface area contributed by atoms with E-state index in [0.717, 1.165) is 5.56 Å². The molecule has 25 heavy (non-hydrogen) atoms. The lowest BCUT2D eigenvalue weighted by Gasteiger charge is -2.28. The summed E-state index contributed by atoms with van der Waals surface area (Å²) in [6.45, 7) is 3.96. The first-order valence-corrected chi connectivity index (χ1v) is 9.34. The van der Waals surface area contributed by atoms with Gasteiger partial charge in [0, 0.05) is 18.8 Å². The van der Waals surface area contributed by atoms with E-state index in [1.807, 2.05) is 30.3 Å². The van der Waals surface area contributed by atoms with Gasteiger partial charge < -0.3 is 4.74 Å². The van der Waals surface area contributed by atoms with E-state index in [2.05, 4.69) is 9.82 Å². The van der Waals surface area contributed by atoms with Crippen LogP contribution in [0.5, 0.6) is 0 Å². The molecule has 1 aromatic carbocycles. The highest BCUT2D eigenvalue weighted by Gasteiger charge is 2.29. The van der Waals surface area contributed by atoms with Gasteiger partial charge in [0.25, 0.3) is 5.91 Å². The number of hydrogen-bond acceptors (Lipinski definition) is 5. The summed E-state index contributed by atoms with van der Waals surface area (Å²) in [5, 5.41) is 1.69. The summed E-state index contributed by atoms with van der Waals surface area (Å²) >= 11 is 0. The van der Waals surface area contributed by atoms with E-state index in [0.29, 0.717) is 32.0 Å². The van der Waals surface area contributed by atoms with E-state index in [1.165, 1.54) is 10.4 Å². The summed E-state index contributed by atoms with van der Waals surface area (Å²) < 4.78 is 35.0. The summed E-state index contributed by atoms with van der Waals surface area (Å²) in [6, 6.07) is 9.23. The van der Waals surface area contributed by atoms with Crippen LogP contribution < -0.4 is 5.43 Å². The third-order valence-electron chi connectivity index (χ3n) is 3.90. The van der Waals surface area contributed by atoms with Crippen LogP contribution in [-0.4, -0.2) is 55.7 Å². The molecule has 134 valence electrons. The van der Waals surface area contributed by atoms with Gasteiger partial charge in [0.05, 0.1) is 19.8 Å². The van der Waals surface area contributed by atoms with Crippen LogP contribution in [0.4, 0.5) is 0 Å². The zero-order valence-electron chi connectivity index (χ0n) is 13.9. The topological polar surface area (TPSA) is 91.3 Å². The third-order valence-corrected chi connectivity index (χ3v) is 5.31. The predicted molar refractivity (Wildman–Crippen MR) is 92.6 cm³/mol. The maximum absolute atomic E-state index is 12.5. The van der Waals surface area contributed by atoms with E-state index < -0.39 is 16.1 Å². The van der Waals surface area contributed by atoms with Crippen LogP contribution in [-0.2, 0) is 26.3 Å². The number of allylic oxidation sites excluding steroid dienone is 1. The Labute approximate surface area is 146 Å². The number of amides is 1. The van der Waals surface area contributed by atoms with Gasteiger partial charge in [-0.15, -0.1) is 4.40 Å². The second kappa shape index (κ2) is 7.34. The first-order valence-electron chi connectivity index (χ1n) is 7.94. The zero-order chi connectivity index (χ0) is 17.9. The molecule has 0 saturated carbocycles. The molecule has 1 fully saturated rings. The molecule has 1 N–H and O–H groups in total. The molecule has 0 atom stereocenters. The maximum Gasteiger partial charge on any atom is 0.345 e. The van der Waals surface area contributed by atoms with Crippen molar-refractivity contribution in [1.29, 1.82) is 0 Å². The lowest BCUT2D eigenvalue weighted by molar-refractivity contribution is -0.121. The van der Waals surface area contributed by atoms with Crippen molar-refractivity contribution in [3.8, 4) is 0 Å². The molecule has 1 saturated heterocycles. The van der Waals surface area contributed by atoms with E-state index >= 15 is 0 Å². The Balaban J connectivity index is 1.74. The van der Waals surface area contributed by atoms with E-state index in [1.54, 1.807) is 11.9 Å². The van der Waals surface area contributed by atoms with Crippen LogP contribution in [0.25, 0.3) is 0 Å². The second-order valence-electron chi connectivity index (χ2n) is 5.77. The maximum atomic E-state index is 12.5. The summed E-state index contributed by atoms with van der Waals surface area (Å²) in [6.07, 6.45) is 1.49. The van der Waals surface area contributed by atoms with Crippen molar-refractivity contribution in [2.75, 3.05) is 26.3 Å². The van der Waals surface area contributed by atoms with Gasteiger partial charge in [-0.2, -0.15) is 8.42 Å². The molecular formula is C16H20N4O4S. The van der Waals surface area contributed by atoms with Gasteiger partial charge in [-0.25, -0.2) is 5.01 Å². The third kappa shape index (κ3) is 4.25. The smallest absolute Gasteiger partial charge is 0.345 e. The normalized spacial score (nSPS) is 20.6. The molecule has 0 spiro atoms. The minimum absolute atomic E-state index is 0.117. The fourth-order valence-corrected chi connectivity index (χ4v) is 3.80. The average Bonchev–Trinajstić information content (AvgIpc) is 2.59. The minimum atomic E-state index is -3.96. The number of nitrogens with one attached hydrogen (secondary N) is 1. The van der Waals surface area contributed by atoms with Gasteiger partial charge in [0.2, 0.25) is 0 Å². The molecule has 0 aromatic heterocycles. The highest BCUT2D eigenvalue weighted by atomic mass is 32.2. The highest BCUT2D eigenvalue weighted by Crippen LogP contribution is 2.21. The Morgan fingerprint density at radius 3 is 2.56 bits per heavy atom. The van der Waals surface area contributed by atoms with Crippen molar-refractivity contribution >= 4 is 21.8 Å². The first-order chi connectivity index (χ1) is 12.0. The Bertz CT molecular complexity index is 799. The van der Waals surface area contributed by atoms with Crippen molar-refractivity contribution in [3.05, 3.63) is 47.7 Å². The van der Waals surface area contributed by atoms with Gasteiger partial charge in [-0.3, -0.25) is 14.5 Å². The van der Waals surface area contributed by atoms with Crippen molar-refractivity contribution in [1.82, 2.24) is 14.7 Å². The van der Waals surface area contributed by atoms with Crippen molar-refractivity contribution in [3.63, 3.8) is 0 Å². The molecule has 2 aliphatic heterocycles. The Hall–Kier alpha value is -2.23. The lowest BCUT2D eigenvalue weighted by Crippen LogP contribution is -2.50. The SMILES string of the molecule is CC1=CC(C(=O)NN2CCOCC2)=NS(=O)(=O)N1Cc1ccccc1. The van der Waals surface area contributed by atoms with Crippen LogP contribution in [0, 0.1) is 0 Å². The van der Waals surface area contributed by atoms with E-state index in [9.17, 15) is 13.2 Å². The monoisotopic (exact) mass is 364 g/mol. The molecule has 0 radical (unpaired) electrons. The molecule has 1 amide bonds. The number of carbonyl (C=O) groups is 1. The van der Waals surface area contributed by atoms with Crippen LogP contribution in [0.15, 0.2) is 46.5 Å². The van der Waals surface area contributed by atoms with Crippen molar-refractivity contribution < 1.29 is 17.9 Å². The number of carbonyl (C=O) groups excluding carboxylic acids is 1. The van der Waals surface area contributed by atoms with Gasteiger partial charge in [0.15, 0.2) is 0 Å². The standard InChI is InChI=1S/C16H20N4O4S/c1-13-11-15(16(21)17-19-7-9-24-10-8-19)18-25(22,23)20(13)12-14-5-3-2-4-6-14/h2-6,11H,7-10,12H2,1H3,(H,17,21). The molecule has 8 nitrogen and oxygen atoms in total. The summed E-state index contributed by atoms with van der Waals surface area (Å²) in [5.41, 5.74) is 3.84. The van der Waals surface area contributed by atoms with Crippen molar-refractivity contribution in [2.45, 2.75) is 13.5 Å². The molecule has 9 heteroatoms. The number of ether oxygens (including phenoxy) is 1. The average molecular weight is 364 g/mol. The van der Waals surface area contributed by atoms with E-state index in [4.69, 9.17) is 4.74 Å². The quantitative estimate of drug-likeness (QED) is 0.838. The van der Waals surface area contributed by atoms with Crippen molar-refractivity contribution in [2.24, 2.45) is 4.40 Å². The summed E-state index contributed by atoms with van der Waals surface area (Å²) in [5.74, 6) is -0.538. The Kier molecular flexibility index (Phi) is 5.16. The molecule has 2 heterocycles. The first kappa shape index (κ1) is 17.6. The van der Waals surface area contributed by atoms with Gasteiger partial charge >= 0.3 is 10.2 Å². The number of benzene rings is 1. The number of nitrogens with zero attached hydrogens (tertiary/aromatic N) is 3. The number of morpholine rings is 1. The van der Waals surface area contributed by atoms with Crippen LogP contribution in [0.1, 0.15) is 12.5 Å². The molecule has 0 bridgehead atoms. The summed E-state index contributed by atoms with van der Waals surface area (Å²) in [7, 11) is -3.96. The fraction of sp³-hybridized carbons (Fsp3) is 0.375. The highest BCUT2D eigenvalue weighted by molar-refractivity contribution is 7.88. The lowest BCUT2D eigenvalue weighted by atomic mass is 10.2. The molecule has 0 unspecified atom stereocenters. The minimum Gasteiger partial charge on any atom is -0.379 e. The number of hydrazine groups is 1. The molecule has 2 aliphatic rings. The van der Waals surface area contributed by atoms with Crippen LogP contribution in [0.2, 0.25) is 0 Å². The van der Waals surface area contributed by atoms with E-state index in [-0.39, 0.29) is 12.3 Å². The summed E-state index contributed by atoms with van der Waals surface area (Å²) in [4.78, 5) is 12.3. The van der Waals surface area contributed by atoms with Crippen LogP contribution in [0.3, 0.4) is 0 Å². The number of hydrogen-bond donors (Lipinski definition) is 1. The van der Waals surface area contributed by atoms with Gasteiger partial charge in [-0.05, 0) is 18.6 Å². The fourth-order valence-electron chi connectivity index (χ4n) is 2.59. The Morgan fingerprint density at radius 2 is 1.92 bits per heavy atom.